The molecule has 1 unspecified atom stereocenters. The van der Waals surface area contributed by atoms with Crippen LogP contribution in [0.25, 0.3) is 0 Å². The van der Waals surface area contributed by atoms with Crippen LogP contribution in [-0.4, -0.2) is 62.1 Å². The van der Waals surface area contributed by atoms with Gasteiger partial charge >= 0.3 is 0 Å². The third-order valence-corrected chi connectivity index (χ3v) is 4.00. The highest BCUT2D eigenvalue weighted by atomic mass is 15.3. The van der Waals surface area contributed by atoms with Crippen LogP contribution in [0.1, 0.15) is 32.6 Å². The molecule has 0 aromatic rings. The lowest BCUT2D eigenvalue weighted by Gasteiger charge is -2.25. The first kappa shape index (κ1) is 13.7. The summed E-state index contributed by atoms with van der Waals surface area (Å²) in [5.41, 5.74) is 0. The summed E-state index contributed by atoms with van der Waals surface area (Å²) in [6.07, 6.45) is 5.39. The van der Waals surface area contributed by atoms with Crippen molar-refractivity contribution in [1.82, 2.24) is 15.1 Å². The average molecular weight is 252 g/mol. The van der Waals surface area contributed by atoms with E-state index in [0.29, 0.717) is 6.04 Å². The molecular weight excluding hydrogens is 224 g/mol. The standard InChI is InChI=1S/C14H28N4/c1-4-15-14(18-9-5-6-10-18)16-11-13(17(2)3)12-7-8-12/h12-13H,4-11H2,1-3H3,(H,15,16). The quantitative estimate of drug-likeness (QED) is 0.592. The van der Waals surface area contributed by atoms with Crippen molar-refractivity contribution in [3.05, 3.63) is 0 Å². The number of likely N-dealkylation sites (N-methyl/N-ethyl adjacent to an activating group) is 1. The van der Waals surface area contributed by atoms with Gasteiger partial charge < -0.3 is 15.1 Å². The van der Waals surface area contributed by atoms with Gasteiger partial charge in [-0.25, -0.2) is 0 Å². The minimum Gasteiger partial charge on any atom is -0.357 e. The molecule has 0 bridgehead atoms. The molecule has 0 radical (unpaired) electrons. The molecule has 0 aromatic heterocycles. The smallest absolute Gasteiger partial charge is 0.193 e. The van der Waals surface area contributed by atoms with Crippen molar-refractivity contribution < 1.29 is 0 Å². The summed E-state index contributed by atoms with van der Waals surface area (Å²) >= 11 is 0. The third-order valence-electron chi connectivity index (χ3n) is 4.00. The molecule has 0 amide bonds. The van der Waals surface area contributed by atoms with Crippen molar-refractivity contribution >= 4 is 5.96 Å². The molecule has 4 heteroatoms. The number of rotatable bonds is 5. The van der Waals surface area contributed by atoms with Crippen LogP contribution in [0.2, 0.25) is 0 Å². The Kier molecular flexibility index (Phi) is 4.87. The first-order valence-electron chi connectivity index (χ1n) is 7.42. The Balaban J connectivity index is 1.93. The lowest BCUT2D eigenvalue weighted by atomic mass is 10.2. The zero-order chi connectivity index (χ0) is 13.0. The van der Waals surface area contributed by atoms with Crippen LogP contribution in [0.5, 0.6) is 0 Å². The molecule has 104 valence electrons. The van der Waals surface area contributed by atoms with Gasteiger partial charge in [0.2, 0.25) is 0 Å². The van der Waals surface area contributed by atoms with Crippen LogP contribution in [0, 0.1) is 5.92 Å². The predicted molar refractivity (Wildman–Crippen MR) is 77.0 cm³/mol. The molecule has 1 saturated heterocycles. The number of hydrogen-bond donors (Lipinski definition) is 1. The second kappa shape index (κ2) is 6.41. The van der Waals surface area contributed by atoms with Crippen molar-refractivity contribution in [2.24, 2.45) is 10.9 Å². The first-order valence-corrected chi connectivity index (χ1v) is 7.42. The van der Waals surface area contributed by atoms with Gasteiger partial charge in [-0.1, -0.05) is 0 Å². The normalized spacial score (nSPS) is 22.7. The summed E-state index contributed by atoms with van der Waals surface area (Å²) in [5, 5.41) is 3.44. The van der Waals surface area contributed by atoms with Crippen molar-refractivity contribution in [3.8, 4) is 0 Å². The highest BCUT2D eigenvalue weighted by Gasteiger charge is 2.32. The summed E-state index contributed by atoms with van der Waals surface area (Å²) < 4.78 is 0. The van der Waals surface area contributed by atoms with E-state index in [0.717, 1.165) is 25.0 Å². The minimum atomic E-state index is 0.626. The summed E-state index contributed by atoms with van der Waals surface area (Å²) in [5.74, 6) is 2.01. The fraction of sp³-hybridized carbons (Fsp3) is 0.929. The number of nitrogens with zero attached hydrogens (tertiary/aromatic N) is 3. The first-order chi connectivity index (χ1) is 8.72. The Hall–Kier alpha value is -0.770. The predicted octanol–water partition coefficient (Wildman–Crippen LogP) is 1.39. The van der Waals surface area contributed by atoms with Gasteiger partial charge in [-0.2, -0.15) is 0 Å². The van der Waals surface area contributed by atoms with Crippen molar-refractivity contribution in [2.45, 2.75) is 38.6 Å². The van der Waals surface area contributed by atoms with E-state index in [9.17, 15) is 0 Å². The second-order valence-electron chi connectivity index (χ2n) is 5.76. The van der Waals surface area contributed by atoms with Gasteiger partial charge in [-0.05, 0) is 52.6 Å². The molecule has 1 aliphatic carbocycles. The van der Waals surface area contributed by atoms with Gasteiger partial charge in [-0.15, -0.1) is 0 Å². The van der Waals surface area contributed by atoms with E-state index in [1.54, 1.807) is 0 Å². The zero-order valence-electron chi connectivity index (χ0n) is 12.2. The lowest BCUT2D eigenvalue weighted by molar-refractivity contribution is 0.270. The van der Waals surface area contributed by atoms with E-state index in [1.807, 2.05) is 0 Å². The molecule has 1 atom stereocenters. The summed E-state index contributed by atoms with van der Waals surface area (Å²) in [7, 11) is 4.36. The van der Waals surface area contributed by atoms with Crippen LogP contribution in [0.15, 0.2) is 4.99 Å². The molecule has 1 saturated carbocycles. The number of guanidine groups is 1. The van der Waals surface area contributed by atoms with E-state index in [1.165, 1.54) is 38.8 Å². The number of likely N-dealkylation sites (tertiary alicyclic amines) is 1. The van der Waals surface area contributed by atoms with E-state index < -0.39 is 0 Å². The van der Waals surface area contributed by atoms with Crippen LogP contribution < -0.4 is 5.32 Å². The van der Waals surface area contributed by atoms with Crippen LogP contribution in [0.4, 0.5) is 0 Å². The Morgan fingerprint density at radius 1 is 1.33 bits per heavy atom. The van der Waals surface area contributed by atoms with Crippen LogP contribution in [-0.2, 0) is 0 Å². The van der Waals surface area contributed by atoms with Crippen LogP contribution in [0.3, 0.4) is 0 Å². The molecule has 2 rings (SSSR count). The maximum Gasteiger partial charge on any atom is 0.193 e. The molecule has 1 aliphatic heterocycles. The fourth-order valence-electron chi connectivity index (χ4n) is 2.75. The molecular formula is C14H28N4. The van der Waals surface area contributed by atoms with E-state index in [2.05, 4.69) is 36.1 Å². The van der Waals surface area contributed by atoms with Crippen molar-refractivity contribution in [3.63, 3.8) is 0 Å². The van der Waals surface area contributed by atoms with Gasteiger partial charge in [0, 0.05) is 25.7 Å². The highest BCUT2D eigenvalue weighted by molar-refractivity contribution is 5.80. The average Bonchev–Trinajstić information content (AvgIpc) is 3.02. The third kappa shape index (κ3) is 3.61. The molecule has 2 aliphatic rings. The summed E-state index contributed by atoms with van der Waals surface area (Å²) in [4.78, 5) is 9.62. The monoisotopic (exact) mass is 252 g/mol. The van der Waals surface area contributed by atoms with Crippen molar-refractivity contribution in [1.29, 1.82) is 0 Å². The van der Waals surface area contributed by atoms with Gasteiger partial charge in [0.1, 0.15) is 0 Å². The maximum atomic E-state index is 4.87. The fourth-order valence-corrected chi connectivity index (χ4v) is 2.75. The Labute approximate surface area is 111 Å². The number of hydrogen-bond acceptors (Lipinski definition) is 2. The summed E-state index contributed by atoms with van der Waals surface area (Å²) in [6.45, 7) is 6.39. The van der Waals surface area contributed by atoms with Gasteiger partial charge in [-0.3, -0.25) is 4.99 Å². The highest BCUT2D eigenvalue weighted by Crippen LogP contribution is 2.34. The number of nitrogens with one attached hydrogen (secondary N) is 1. The Morgan fingerprint density at radius 3 is 2.50 bits per heavy atom. The molecule has 18 heavy (non-hydrogen) atoms. The molecule has 4 nitrogen and oxygen atoms in total. The topological polar surface area (TPSA) is 30.9 Å². The summed E-state index contributed by atoms with van der Waals surface area (Å²) in [6, 6.07) is 0.626. The maximum absolute atomic E-state index is 4.87. The second-order valence-corrected chi connectivity index (χ2v) is 5.76. The minimum absolute atomic E-state index is 0.626. The van der Waals surface area contributed by atoms with Crippen LogP contribution >= 0.6 is 0 Å². The van der Waals surface area contributed by atoms with Gasteiger partial charge in [0.15, 0.2) is 5.96 Å². The van der Waals surface area contributed by atoms with E-state index in [-0.39, 0.29) is 0 Å². The SMILES string of the molecule is CCNC(=NCC(C1CC1)N(C)C)N1CCCC1. The van der Waals surface area contributed by atoms with Crippen molar-refractivity contribution in [2.75, 3.05) is 40.3 Å². The van der Waals surface area contributed by atoms with Gasteiger partial charge in [0.05, 0.1) is 6.54 Å². The largest absolute Gasteiger partial charge is 0.357 e. The number of aliphatic imine (C=N–C) groups is 1. The molecule has 0 aromatic carbocycles. The molecule has 1 heterocycles. The molecule has 1 N–H and O–H groups in total. The Morgan fingerprint density at radius 2 is 2.00 bits per heavy atom. The zero-order valence-corrected chi connectivity index (χ0v) is 12.2. The molecule has 0 spiro atoms. The van der Waals surface area contributed by atoms with E-state index >= 15 is 0 Å². The van der Waals surface area contributed by atoms with E-state index in [4.69, 9.17) is 4.99 Å². The lowest BCUT2D eigenvalue weighted by Crippen LogP contribution is -2.41. The Bertz CT molecular complexity index is 276. The van der Waals surface area contributed by atoms with Gasteiger partial charge in [0.25, 0.3) is 0 Å². The molecule has 2 fully saturated rings.